The minimum Gasteiger partial charge on any atom is -0.497 e. The summed E-state index contributed by atoms with van der Waals surface area (Å²) >= 11 is 0. The summed E-state index contributed by atoms with van der Waals surface area (Å²) in [4.78, 5) is 17.3. The number of nitrogens with zero attached hydrogens (tertiary/aromatic N) is 2. The number of benzene rings is 2. The molecule has 1 saturated heterocycles. The van der Waals surface area contributed by atoms with Gasteiger partial charge in [0, 0.05) is 38.4 Å². The lowest BCUT2D eigenvalue weighted by Crippen LogP contribution is -2.48. The van der Waals surface area contributed by atoms with Crippen LogP contribution in [0.3, 0.4) is 0 Å². The third-order valence-corrected chi connectivity index (χ3v) is 5.78. The molecule has 0 radical (unpaired) electrons. The van der Waals surface area contributed by atoms with E-state index in [4.69, 9.17) is 4.74 Å². The number of para-hydroxylation sites is 1. The summed E-state index contributed by atoms with van der Waals surface area (Å²) in [5.41, 5.74) is 3.45. The molecule has 2 aromatic carbocycles. The molecule has 1 amide bonds. The molecule has 3 rings (SSSR count). The Morgan fingerprint density at radius 1 is 1.03 bits per heavy atom. The third kappa shape index (κ3) is 6.05. The Kier molecular flexibility index (Phi) is 7.67. The number of ether oxygens (including phenoxy) is 1. The van der Waals surface area contributed by atoms with Gasteiger partial charge in [0.25, 0.3) is 0 Å². The van der Waals surface area contributed by atoms with Gasteiger partial charge in [0.15, 0.2) is 0 Å². The Morgan fingerprint density at radius 3 is 2.34 bits per heavy atom. The Hall–Kier alpha value is -2.37. The molecule has 1 fully saturated rings. The van der Waals surface area contributed by atoms with Crippen molar-refractivity contribution in [3.05, 3.63) is 59.7 Å². The number of methoxy groups -OCH3 is 1. The highest BCUT2D eigenvalue weighted by atomic mass is 16.5. The van der Waals surface area contributed by atoms with Crippen LogP contribution in [0.4, 0.5) is 5.69 Å². The molecule has 1 N–H and O–H groups in total. The Bertz CT molecular complexity index is 783. The van der Waals surface area contributed by atoms with Gasteiger partial charge in [-0.2, -0.15) is 0 Å². The van der Waals surface area contributed by atoms with Crippen molar-refractivity contribution in [3.63, 3.8) is 0 Å². The topological polar surface area (TPSA) is 44.8 Å². The highest BCUT2D eigenvalue weighted by molar-refractivity contribution is 5.93. The molecule has 0 unspecified atom stereocenters. The second kappa shape index (κ2) is 10.4. The van der Waals surface area contributed by atoms with E-state index in [9.17, 15) is 4.79 Å². The number of piperazine rings is 1. The van der Waals surface area contributed by atoms with E-state index in [1.165, 1.54) is 11.1 Å². The van der Waals surface area contributed by atoms with E-state index >= 15 is 0 Å². The van der Waals surface area contributed by atoms with Gasteiger partial charge in [0.2, 0.25) is 5.91 Å². The first-order valence-corrected chi connectivity index (χ1v) is 10.6. The maximum atomic E-state index is 12.6. The van der Waals surface area contributed by atoms with E-state index in [2.05, 4.69) is 47.2 Å². The molecule has 0 aromatic heterocycles. The van der Waals surface area contributed by atoms with E-state index in [1.807, 2.05) is 30.3 Å². The number of amides is 1. The van der Waals surface area contributed by atoms with Crippen LogP contribution in [0.5, 0.6) is 5.75 Å². The molecular formula is C24H33N3O2. The summed E-state index contributed by atoms with van der Waals surface area (Å²) in [6.07, 6.45) is 1.06. The van der Waals surface area contributed by atoms with Gasteiger partial charge in [-0.05, 0) is 41.7 Å². The molecule has 0 aliphatic carbocycles. The van der Waals surface area contributed by atoms with Crippen LogP contribution >= 0.6 is 0 Å². The van der Waals surface area contributed by atoms with Crippen molar-refractivity contribution in [1.29, 1.82) is 0 Å². The van der Waals surface area contributed by atoms with Gasteiger partial charge < -0.3 is 10.1 Å². The molecule has 0 bridgehead atoms. The number of rotatable bonds is 8. The van der Waals surface area contributed by atoms with Gasteiger partial charge >= 0.3 is 0 Å². The van der Waals surface area contributed by atoms with Crippen molar-refractivity contribution < 1.29 is 9.53 Å². The smallest absolute Gasteiger partial charge is 0.238 e. The van der Waals surface area contributed by atoms with Gasteiger partial charge in [-0.25, -0.2) is 0 Å². The molecule has 1 aliphatic heterocycles. The van der Waals surface area contributed by atoms with Crippen molar-refractivity contribution in [2.24, 2.45) is 0 Å². The maximum absolute atomic E-state index is 12.6. The average molecular weight is 396 g/mol. The lowest BCUT2D eigenvalue weighted by molar-refractivity contribution is -0.117. The first-order chi connectivity index (χ1) is 14.1. The quantitative estimate of drug-likeness (QED) is 0.735. The van der Waals surface area contributed by atoms with Crippen molar-refractivity contribution in [2.45, 2.75) is 32.7 Å². The van der Waals surface area contributed by atoms with E-state index in [-0.39, 0.29) is 5.91 Å². The van der Waals surface area contributed by atoms with Crippen molar-refractivity contribution in [1.82, 2.24) is 9.80 Å². The number of carbonyl (C=O) groups excluding carboxylic acids is 1. The van der Waals surface area contributed by atoms with Gasteiger partial charge in [-0.1, -0.05) is 44.2 Å². The summed E-state index contributed by atoms with van der Waals surface area (Å²) in [7, 11) is 1.69. The largest absolute Gasteiger partial charge is 0.497 e. The lowest BCUT2D eigenvalue weighted by atomic mass is 9.97. The first-order valence-electron chi connectivity index (χ1n) is 10.6. The molecule has 1 atom stereocenters. The minimum atomic E-state index is 0.0735. The fraction of sp³-hybridized carbons (Fsp3) is 0.458. The normalized spacial score (nSPS) is 16.4. The zero-order valence-corrected chi connectivity index (χ0v) is 17.9. The van der Waals surface area contributed by atoms with E-state index in [0.717, 1.165) is 50.6 Å². The molecule has 2 aromatic rings. The van der Waals surface area contributed by atoms with Gasteiger partial charge in [-0.3, -0.25) is 14.6 Å². The number of anilines is 1. The molecule has 5 nitrogen and oxygen atoms in total. The summed E-state index contributed by atoms with van der Waals surface area (Å²) in [6, 6.07) is 16.4. The van der Waals surface area contributed by atoms with E-state index in [0.29, 0.717) is 12.5 Å². The van der Waals surface area contributed by atoms with Crippen molar-refractivity contribution in [3.8, 4) is 5.75 Å². The van der Waals surface area contributed by atoms with E-state index < -0.39 is 0 Å². The van der Waals surface area contributed by atoms with Crippen LogP contribution < -0.4 is 10.1 Å². The summed E-state index contributed by atoms with van der Waals surface area (Å²) in [5, 5.41) is 3.13. The molecule has 156 valence electrons. The highest BCUT2D eigenvalue weighted by Gasteiger charge is 2.20. The first kappa shape index (κ1) is 21.3. The fourth-order valence-electron chi connectivity index (χ4n) is 3.75. The lowest BCUT2D eigenvalue weighted by Gasteiger charge is -2.34. The molecule has 0 saturated carbocycles. The molecule has 1 aliphatic rings. The number of hydrogen-bond acceptors (Lipinski definition) is 4. The minimum absolute atomic E-state index is 0.0735. The van der Waals surface area contributed by atoms with E-state index in [1.54, 1.807) is 7.11 Å². The Balaban J connectivity index is 1.46. The molecule has 0 spiro atoms. The summed E-state index contributed by atoms with van der Waals surface area (Å²) in [5.74, 6) is 1.40. The summed E-state index contributed by atoms with van der Waals surface area (Å²) in [6.45, 7) is 9.54. The standard InChI is InChI=1S/C24H33N3O2/c1-4-19(2)22-7-5-6-8-23(22)25-24(28)18-27-15-13-26(14-16-27)17-20-9-11-21(29-3)12-10-20/h5-12,19H,4,13-18H2,1-3H3,(H,25,28)/t19-/m1/s1. The second-order valence-electron chi connectivity index (χ2n) is 7.85. The van der Waals surface area contributed by atoms with Crippen LogP contribution in [-0.4, -0.2) is 55.5 Å². The Morgan fingerprint density at radius 2 is 1.69 bits per heavy atom. The van der Waals surface area contributed by atoms with Crippen LogP contribution in [0.1, 0.15) is 37.3 Å². The van der Waals surface area contributed by atoms with Gasteiger partial charge in [0.05, 0.1) is 13.7 Å². The number of hydrogen-bond donors (Lipinski definition) is 1. The average Bonchev–Trinajstić information content (AvgIpc) is 2.75. The van der Waals surface area contributed by atoms with Crippen molar-refractivity contribution >= 4 is 11.6 Å². The zero-order valence-electron chi connectivity index (χ0n) is 17.9. The SMILES string of the molecule is CC[C@@H](C)c1ccccc1NC(=O)CN1CCN(Cc2ccc(OC)cc2)CC1. The second-order valence-corrected chi connectivity index (χ2v) is 7.85. The molecular weight excluding hydrogens is 362 g/mol. The third-order valence-electron chi connectivity index (χ3n) is 5.78. The van der Waals surface area contributed by atoms with Crippen LogP contribution in [0.2, 0.25) is 0 Å². The Labute approximate surface area is 174 Å². The predicted molar refractivity (Wildman–Crippen MR) is 118 cm³/mol. The van der Waals surface area contributed by atoms with Crippen molar-refractivity contribution in [2.75, 3.05) is 45.2 Å². The van der Waals surface area contributed by atoms with Crippen LogP contribution in [-0.2, 0) is 11.3 Å². The molecule has 1 heterocycles. The number of carbonyl (C=O) groups is 1. The van der Waals surface area contributed by atoms with Crippen LogP contribution in [0.25, 0.3) is 0 Å². The zero-order chi connectivity index (χ0) is 20.6. The predicted octanol–water partition coefficient (Wildman–Crippen LogP) is 3.97. The van der Waals surface area contributed by atoms with Crippen LogP contribution in [0.15, 0.2) is 48.5 Å². The molecule has 5 heteroatoms. The number of nitrogens with one attached hydrogen (secondary N) is 1. The monoisotopic (exact) mass is 395 g/mol. The van der Waals surface area contributed by atoms with Gasteiger partial charge in [0.1, 0.15) is 5.75 Å². The summed E-state index contributed by atoms with van der Waals surface area (Å²) < 4.78 is 5.22. The van der Waals surface area contributed by atoms with Crippen LogP contribution in [0, 0.1) is 0 Å². The van der Waals surface area contributed by atoms with Gasteiger partial charge in [-0.15, -0.1) is 0 Å². The highest BCUT2D eigenvalue weighted by Crippen LogP contribution is 2.26. The molecule has 29 heavy (non-hydrogen) atoms. The fourth-order valence-corrected chi connectivity index (χ4v) is 3.75. The maximum Gasteiger partial charge on any atom is 0.238 e.